The van der Waals surface area contributed by atoms with Gasteiger partial charge in [-0.1, -0.05) is 44.9 Å². The normalized spacial score (nSPS) is 18.4. The third kappa shape index (κ3) is 4.98. The number of anilines is 1. The number of unbranched alkanes of at least 4 members (excludes halogenated alkanes) is 1. The number of pyridine rings is 1. The van der Waals surface area contributed by atoms with E-state index >= 15 is 0 Å². The van der Waals surface area contributed by atoms with E-state index in [9.17, 15) is 13.7 Å². The van der Waals surface area contributed by atoms with Gasteiger partial charge in [0.1, 0.15) is 11.9 Å². The second kappa shape index (κ2) is 9.88. The van der Waals surface area contributed by atoms with Crippen molar-refractivity contribution >= 4 is 27.6 Å². The van der Waals surface area contributed by atoms with E-state index in [4.69, 9.17) is 4.98 Å². The van der Waals surface area contributed by atoms with E-state index in [0.29, 0.717) is 36.6 Å². The summed E-state index contributed by atoms with van der Waals surface area (Å²) in [6, 6.07) is 9.48. The molecule has 2 aliphatic heterocycles. The Morgan fingerprint density at radius 2 is 1.79 bits per heavy atom. The highest BCUT2D eigenvalue weighted by atomic mass is 32.2. The number of aryl methyl sites for hydroxylation is 2. The van der Waals surface area contributed by atoms with Gasteiger partial charge >= 0.3 is 0 Å². The number of thioether (sulfide) groups is 1. The molecule has 1 saturated heterocycles. The van der Waals surface area contributed by atoms with Crippen LogP contribution in [0, 0.1) is 18.3 Å². The lowest BCUT2D eigenvalue weighted by Gasteiger charge is -2.37. The molecule has 2 aliphatic rings. The lowest BCUT2D eigenvalue weighted by molar-refractivity contribution is 0.383. The maximum Gasteiger partial charge on any atom is 0.243 e. The molecule has 3 heterocycles. The molecule has 2 aromatic rings. The van der Waals surface area contributed by atoms with Gasteiger partial charge in [0.2, 0.25) is 10.0 Å². The van der Waals surface area contributed by atoms with Crippen molar-refractivity contribution in [1.29, 1.82) is 5.26 Å². The minimum absolute atomic E-state index is 0.0834. The number of sulfonamides is 1. The fourth-order valence-corrected chi connectivity index (χ4v) is 7.26. The molecule has 1 aromatic carbocycles. The van der Waals surface area contributed by atoms with E-state index < -0.39 is 10.0 Å². The fourth-order valence-electron chi connectivity index (χ4n) is 4.72. The molecule has 0 atom stereocenters. The Labute approximate surface area is 208 Å². The average molecular weight is 499 g/mol. The van der Waals surface area contributed by atoms with Crippen molar-refractivity contribution < 1.29 is 8.42 Å². The van der Waals surface area contributed by atoms with Crippen LogP contribution < -0.4 is 4.90 Å². The van der Waals surface area contributed by atoms with Crippen LogP contribution in [0.1, 0.15) is 61.6 Å². The smallest absolute Gasteiger partial charge is 0.243 e. The maximum absolute atomic E-state index is 13.1. The molecule has 0 N–H and O–H groups in total. The summed E-state index contributed by atoms with van der Waals surface area (Å²) in [5.74, 6) is 1.63. The van der Waals surface area contributed by atoms with Crippen molar-refractivity contribution in [2.45, 2.75) is 68.8 Å². The summed E-state index contributed by atoms with van der Waals surface area (Å²) in [6.45, 7) is 10.4. The summed E-state index contributed by atoms with van der Waals surface area (Å²) < 4.78 is 27.9. The minimum Gasteiger partial charge on any atom is -0.353 e. The molecular weight excluding hydrogens is 464 g/mol. The first kappa shape index (κ1) is 25.0. The molecule has 0 radical (unpaired) electrons. The molecule has 6 nitrogen and oxygen atoms in total. The van der Waals surface area contributed by atoms with E-state index in [1.807, 2.05) is 30.8 Å². The average Bonchev–Trinajstić information content (AvgIpc) is 2.81. The first-order valence-electron chi connectivity index (χ1n) is 12.1. The van der Waals surface area contributed by atoms with Gasteiger partial charge in [-0.05, 0) is 49.4 Å². The Morgan fingerprint density at radius 1 is 1.12 bits per heavy atom. The van der Waals surface area contributed by atoms with Crippen molar-refractivity contribution in [2.75, 3.05) is 31.1 Å². The zero-order chi connectivity index (χ0) is 24.5. The summed E-state index contributed by atoms with van der Waals surface area (Å²) in [4.78, 5) is 7.49. The number of piperazine rings is 1. The van der Waals surface area contributed by atoms with Gasteiger partial charge in [-0.3, -0.25) is 0 Å². The molecule has 0 bridgehead atoms. The molecule has 0 saturated carbocycles. The molecule has 0 amide bonds. The number of aromatic nitrogens is 1. The summed E-state index contributed by atoms with van der Waals surface area (Å²) in [5.41, 5.74) is 5.23. The Morgan fingerprint density at radius 3 is 2.41 bits per heavy atom. The number of hydrogen-bond donors (Lipinski definition) is 0. The lowest BCUT2D eigenvalue weighted by atomic mass is 9.91. The van der Waals surface area contributed by atoms with Crippen LogP contribution in [-0.4, -0.2) is 48.6 Å². The van der Waals surface area contributed by atoms with Gasteiger partial charge in [0.05, 0.1) is 10.5 Å². The Kier molecular flexibility index (Phi) is 7.28. The van der Waals surface area contributed by atoms with Crippen LogP contribution in [0.15, 0.2) is 29.2 Å². The molecule has 34 heavy (non-hydrogen) atoms. The Bertz CT molecular complexity index is 1190. The zero-order valence-corrected chi connectivity index (χ0v) is 22.2. The van der Waals surface area contributed by atoms with Crippen LogP contribution in [-0.2, 0) is 28.6 Å². The van der Waals surface area contributed by atoms with E-state index in [0.717, 1.165) is 54.1 Å². The van der Waals surface area contributed by atoms with Crippen LogP contribution in [0.3, 0.4) is 0 Å². The number of fused-ring (bicyclic) bond motifs is 1. The number of nitriles is 1. The standard InChI is InChI=1S/C26H34N4O2S2/c1-5-6-7-24-23-18-33-26(3,4)16-21(23)22(17-27)25(28-24)29-12-14-30(15-13-29)34(31,32)20-10-8-19(2)9-11-20/h8-11H,5-7,12-16,18H2,1-4H3. The SMILES string of the molecule is CCCCc1nc(N2CCN(S(=O)(=O)c3ccc(C)cc3)CC2)c(C#N)c2c1CSC(C)(C)C2. The van der Waals surface area contributed by atoms with Gasteiger partial charge in [-0.25, -0.2) is 13.4 Å². The van der Waals surface area contributed by atoms with Crippen LogP contribution in [0.4, 0.5) is 5.82 Å². The second-order valence-corrected chi connectivity index (χ2v) is 13.5. The van der Waals surface area contributed by atoms with Crippen LogP contribution in [0.25, 0.3) is 0 Å². The molecule has 4 rings (SSSR count). The third-order valence-corrected chi connectivity index (χ3v) is 10.0. The molecule has 8 heteroatoms. The molecule has 0 spiro atoms. The van der Waals surface area contributed by atoms with Gasteiger partial charge in [-0.15, -0.1) is 0 Å². The van der Waals surface area contributed by atoms with Gasteiger partial charge in [0, 0.05) is 42.4 Å². The molecule has 182 valence electrons. The quantitative estimate of drug-likeness (QED) is 0.575. The number of hydrogen-bond acceptors (Lipinski definition) is 6. The highest BCUT2D eigenvalue weighted by Crippen LogP contribution is 2.42. The van der Waals surface area contributed by atoms with E-state index in [-0.39, 0.29) is 4.75 Å². The highest BCUT2D eigenvalue weighted by Gasteiger charge is 2.34. The predicted molar refractivity (Wildman–Crippen MR) is 139 cm³/mol. The van der Waals surface area contributed by atoms with Gasteiger partial charge in [0.15, 0.2) is 0 Å². The lowest BCUT2D eigenvalue weighted by Crippen LogP contribution is -2.49. The van der Waals surface area contributed by atoms with Crippen LogP contribution in [0.2, 0.25) is 0 Å². The summed E-state index contributed by atoms with van der Waals surface area (Å²) in [7, 11) is -3.53. The molecular formula is C26H34N4O2S2. The minimum atomic E-state index is -3.53. The summed E-state index contributed by atoms with van der Waals surface area (Å²) in [6.07, 6.45) is 3.94. The summed E-state index contributed by atoms with van der Waals surface area (Å²) in [5, 5.41) is 10.2. The van der Waals surface area contributed by atoms with Crippen molar-refractivity contribution in [3.63, 3.8) is 0 Å². The second-order valence-electron chi connectivity index (χ2n) is 9.86. The Balaban J connectivity index is 1.62. The number of benzene rings is 1. The fraction of sp³-hybridized carbons (Fsp3) is 0.538. The van der Waals surface area contributed by atoms with E-state index in [1.165, 1.54) is 5.56 Å². The topological polar surface area (TPSA) is 77.3 Å². The monoisotopic (exact) mass is 498 g/mol. The van der Waals surface area contributed by atoms with Crippen molar-refractivity contribution in [1.82, 2.24) is 9.29 Å². The number of nitrogens with zero attached hydrogens (tertiary/aromatic N) is 4. The van der Waals surface area contributed by atoms with E-state index in [1.54, 1.807) is 16.4 Å². The van der Waals surface area contributed by atoms with Crippen LogP contribution in [0.5, 0.6) is 0 Å². The first-order valence-corrected chi connectivity index (χ1v) is 14.5. The van der Waals surface area contributed by atoms with Crippen LogP contribution >= 0.6 is 11.8 Å². The largest absolute Gasteiger partial charge is 0.353 e. The maximum atomic E-state index is 13.1. The molecule has 1 aromatic heterocycles. The Hall–Kier alpha value is -2.08. The van der Waals surface area contributed by atoms with Crippen molar-refractivity contribution in [2.24, 2.45) is 0 Å². The zero-order valence-electron chi connectivity index (χ0n) is 20.6. The molecule has 0 unspecified atom stereocenters. The predicted octanol–water partition coefficient (Wildman–Crippen LogP) is 4.68. The molecule has 1 fully saturated rings. The van der Waals surface area contributed by atoms with Gasteiger partial charge in [0.25, 0.3) is 0 Å². The third-order valence-electron chi connectivity index (χ3n) is 6.76. The first-order chi connectivity index (χ1) is 16.2. The van der Waals surface area contributed by atoms with Gasteiger partial charge in [-0.2, -0.15) is 21.3 Å². The van der Waals surface area contributed by atoms with E-state index in [2.05, 4.69) is 31.7 Å². The van der Waals surface area contributed by atoms with Gasteiger partial charge < -0.3 is 4.90 Å². The molecule has 0 aliphatic carbocycles. The van der Waals surface area contributed by atoms with Crippen molar-refractivity contribution in [3.05, 3.63) is 52.2 Å². The number of rotatable bonds is 6. The summed E-state index contributed by atoms with van der Waals surface area (Å²) >= 11 is 1.94. The van der Waals surface area contributed by atoms with Crippen molar-refractivity contribution in [3.8, 4) is 6.07 Å². The highest BCUT2D eigenvalue weighted by molar-refractivity contribution is 7.99.